The van der Waals surface area contributed by atoms with E-state index in [-0.39, 0.29) is 23.3 Å². The Bertz CT molecular complexity index is 616. The van der Waals surface area contributed by atoms with Gasteiger partial charge in [0.1, 0.15) is 5.54 Å². The van der Waals surface area contributed by atoms with Gasteiger partial charge < -0.3 is 20.6 Å². The van der Waals surface area contributed by atoms with Gasteiger partial charge in [-0.25, -0.2) is 4.79 Å². The largest absolute Gasteiger partial charge is 0.392 e. The van der Waals surface area contributed by atoms with Crippen LogP contribution in [0.5, 0.6) is 0 Å². The summed E-state index contributed by atoms with van der Waals surface area (Å²) in [4.78, 5) is 30.3. The number of amides is 3. The SMILES string of the molecule is CN=C(NCC1(C)CCCCC1O)N1CCC(C2(C)NC(=O)NC2=O)CC1. The third-order valence-corrected chi connectivity index (χ3v) is 6.83. The Labute approximate surface area is 161 Å². The summed E-state index contributed by atoms with van der Waals surface area (Å²) in [6.07, 6.45) is 5.50. The van der Waals surface area contributed by atoms with Crippen LogP contribution in [0.25, 0.3) is 0 Å². The fourth-order valence-electron chi connectivity index (χ4n) is 4.71. The first-order chi connectivity index (χ1) is 12.8. The minimum Gasteiger partial charge on any atom is -0.392 e. The number of likely N-dealkylation sites (tertiary alicyclic amines) is 1. The lowest BCUT2D eigenvalue weighted by Crippen LogP contribution is -2.56. The summed E-state index contributed by atoms with van der Waals surface area (Å²) in [6.45, 7) is 6.22. The second kappa shape index (κ2) is 7.66. The minimum absolute atomic E-state index is 0.107. The van der Waals surface area contributed by atoms with Crippen molar-refractivity contribution in [1.82, 2.24) is 20.9 Å². The predicted octanol–water partition coefficient (Wildman–Crippen LogP) is 0.813. The molecule has 3 atom stereocenters. The standard InChI is InChI=1S/C19H33N5O3/c1-18(9-5-4-6-14(18)25)12-21-16(20-3)24-10-7-13(8-11-24)19(2)15(26)22-17(27)23-19/h13-14,25H,4-12H2,1-3H3,(H,20,21)(H2,22,23,26,27). The molecular weight excluding hydrogens is 346 g/mol. The fraction of sp³-hybridized carbons (Fsp3) is 0.842. The number of rotatable bonds is 3. The summed E-state index contributed by atoms with van der Waals surface area (Å²) >= 11 is 0. The Balaban J connectivity index is 1.55. The van der Waals surface area contributed by atoms with Crippen LogP contribution < -0.4 is 16.0 Å². The van der Waals surface area contributed by atoms with Crippen molar-refractivity contribution in [3.05, 3.63) is 0 Å². The van der Waals surface area contributed by atoms with Crippen LogP contribution in [0.3, 0.4) is 0 Å². The molecule has 0 aromatic carbocycles. The van der Waals surface area contributed by atoms with E-state index in [0.29, 0.717) is 6.54 Å². The van der Waals surface area contributed by atoms with Crippen molar-refractivity contribution in [2.75, 3.05) is 26.7 Å². The molecule has 8 heteroatoms. The maximum atomic E-state index is 12.2. The third kappa shape index (κ3) is 3.90. The average molecular weight is 380 g/mol. The second-order valence-corrected chi connectivity index (χ2v) is 8.69. The summed E-state index contributed by atoms with van der Waals surface area (Å²) in [5.41, 5.74) is -0.938. The molecule has 4 N–H and O–H groups in total. The molecule has 0 aromatic rings. The molecule has 0 bridgehead atoms. The number of urea groups is 1. The average Bonchev–Trinajstić information content (AvgIpc) is 2.91. The molecule has 2 saturated heterocycles. The number of imide groups is 1. The smallest absolute Gasteiger partial charge is 0.322 e. The third-order valence-electron chi connectivity index (χ3n) is 6.83. The summed E-state index contributed by atoms with van der Waals surface area (Å²) in [6, 6.07) is -0.401. The van der Waals surface area contributed by atoms with Crippen LogP contribution >= 0.6 is 0 Å². The predicted molar refractivity (Wildman–Crippen MR) is 103 cm³/mol. The topological polar surface area (TPSA) is 106 Å². The molecule has 0 radical (unpaired) electrons. The van der Waals surface area contributed by atoms with Gasteiger partial charge in [0, 0.05) is 32.1 Å². The van der Waals surface area contributed by atoms with Crippen molar-refractivity contribution in [3.8, 4) is 0 Å². The van der Waals surface area contributed by atoms with Gasteiger partial charge in [-0.2, -0.15) is 0 Å². The van der Waals surface area contributed by atoms with Gasteiger partial charge in [0.05, 0.1) is 6.10 Å². The van der Waals surface area contributed by atoms with Crippen LogP contribution in [-0.2, 0) is 4.79 Å². The molecule has 3 fully saturated rings. The second-order valence-electron chi connectivity index (χ2n) is 8.69. The lowest BCUT2D eigenvalue weighted by atomic mass is 9.73. The van der Waals surface area contributed by atoms with Crippen LogP contribution in [0.15, 0.2) is 4.99 Å². The Morgan fingerprint density at radius 2 is 1.96 bits per heavy atom. The molecule has 3 rings (SSSR count). The number of nitrogens with zero attached hydrogens (tertiary/aromatic N) is 2. The highest BCUT2D eigenvalue weighted by atomic mass is 16.3. The first kappa shape index (κ1) is 19.9. The molecular formula is C19H33N5O3. The quantitative estimate of drug-likeness (QED) is 0.330. The van der Waals surface area contributed by atoms with E-state index in [9.17, 15) is 14.7 Å². The Morgan fingerprint density at radius 3 is 2.52 bits per heavy atom. The zero-order valence-corrected chi connectivity index (χ0v) is 16.7. The minimum atomic E-state index is -0.820. The zero-order chi connectivity index (χ0) is 19.7. The highest BCUT2D eigenvalue weighted by Gasteiger charge is 2.48. The van der Waals surface area contributed by atoms with Crippen molar-refractivity contribution in [2.45, 2.75) is 64.0 Å². The van der Waals surface area contributed by atoms with E-state index in [1.165, 1.54) is 0 Å². The Morgan fingerprint density at radius 1 is 1.26 bits per heavy atom. The zero-order valence-electron chi connectivity index (χ0n) is 16.7. The normalized spacial score (nSPS) is 35.8. The number of aliphatic hydroxyl groups excluding tert-OH is 1. The number of hydrogen-bond donors (Lipinski definition) is 4. The summed E-state index contributed by atoms with van der Waals surface area (Å²) < 4.78 is 0. The molecule has 3 unspecified atom stereocenters. The number of guanidine groups is 1. The monoisotopic (exact) mass is 379 g/mol. The van der Waals surface area contributed by atoms with Crippen LogP contribution in [0, 0.1) is 11.3 Å². The highest BCUT2D eigenvalue weighted by Crippen LogP contribution is 2.35. The molecule has 1 aliphatic carbocycles. The van der Waals surface area contributed by atoms with Crippen molar-refractivity contribution >= 4 is 17.9 Å². The molecule has 1 saturated carbocycles. The van der Waals surface area contributed by atoms with Crippen molar-refractivity contribution in [2.24, 2.45) is 16.3 Å². The van der Waals surface area contributed by atoms with Gasteiger partial charge in [0.15, 0.2) is 5.96 Å². The van der Waals surface area contributed by atoms with Gasteiger partial charge in [0.25, 0.3) is 5.91 Å². The first-order valence-electron chi connectivity index (χ1n) is 10.1. The van der Waals surface area contributed by atoms with E-state index in [4.69, 9.17) is 0 Å². The van der Waals surface area contributed by atoms with Crippen LogP contribution in [0.2, 0.25) is 0 Å². The van der Waals surface area contributed by atoms with Gasteiger partial charge in [-0.05, 0) is 38.5 Å². The van der Waals surface area contributed by atoms with E-state index in [1.54, 1.807) is 7.05 Å². The number of carbonyl (C=O) groups excluding carboxylic acids is 2. The van der Waals surface area contributed by atoms with E-state index in [2.05, 4.69) is 32.8 Å². The maximum absolute atomic E-state index is 12.2. The van der Waals surface area contributed by atoms with Gasteiger partial charge in [-0.3, -0.25) is 15.1 Å². The van der Waals surface area contributed by atoms with Gasteiger partial charge in [-0.15, -0.1) is 0 Å². The van der Waals surface area contributed by atoms with E-state index < -0.39 is 11.6 Å². The van der Waals surface area contributed by atoms with Gasteiger partial charge in [0.2, 0.25) is 0 Å². The van der Waals surface area contributed by atoms with Crippen LogP contribution in [0.1, 0.15) is 52.4 Å². The van der Waals surface area contributed by atoms with Crippen molar-refractivity contribution in [1.29, 1.82) is 0 Å². The number of nitrogens with one attached hydrogen (secondary N) is 3. The summed E-state index contributed by atoms with van der Waals surface area (Å²) in [7, 11) is 1.78. The lowest BCUT2D eigenvalue weighted by molar-refractivity contribution is -0.125. The molecule has 0 aromatic heterocycles. The fourth-order valence-corrected chi connectivity index (χ4v) is 4.71. The lowest BCUT2D eigenvalue weighted by Gasteiger charge is -2.42. The highest BCUT2D eigenvalue weighted by molar-refractivity contribution is 6.07. The molecule has 2 aliphatic heterocycles. The molecule has 0 spiro atoms. The van der Waals surface area contributed by atoms with E-state index >= 15 is 0 Å². The van der Waals surface area contributed by atoms with Crippen LogP contribution in [-0.4, -0.2) is 66.2 Å². The van der Waals surface area contributed by atoms with Crippen molar-refractivity contribution < 1.29 is 14.7 Å². The van der Waals surface area contributed by atoms with Crippen molar-refractivity contribution in [3.63, 3.8) is 0 Å². The molecule has 27 heavy (non-hydrogen) atoms. The summed E-state index contributed by atoms with van der Waals surface area (Å²) in [5, 5.41) is 19.0. The summed E-state index contributed by atoms with van der Waals surface area (Å²) in [5.74, 6) is 0.723. The molecule has 152 valence electrons. The molecule has 3 amide bonds. The first-order valence-corrected chi connectivity index (χ1v) is 10.1. The van der Waals surface area contributed by atoms with E-state index in [1.807, 2.05) is 6.92 Å². The number of carbonyl (C=O) groups is 2. The number of aliphatic imine (C=N–C) groups is 1. The molecule has 2 heterocycles. The number of aliphatic hydroxyl groups is 1. The Hall–Kier alpha value is -1.83. The maximum Gasteiger partial charge on any atom is 0.322 e. The molecule has 8 nitrogen and oxygen atoms in total. The Kier molecular flexibility index (Phi) is 5.65. The van der Waals surface area contributed by atoms with Crippen LogP contribution in [0.4, 0.5) is 4.79 Å². The molecule has 3 aliphatic rings. The van der Waals surface area contributed by atoms with Gasteiger partial charge >= 0.3 is 6.03 Å². The van der Waals surface area contributed by atoms with Gasteiger partial charge in [-0.1, -0.05) is 19.8 Å². The van der Waals surface area contributed by atoms with E-state index in [0.717, 1.165) is 57.6 Å². The number of hydrogen-bond acceptors (Lipinski definition) is 4. The number of piperidine rings is 1.